The van der Waals surface area contributed by atoms with Crippen LogP contribution < -0.4 is 10.6 Å². The van der Waals surface area contributed by atoms with Crippen LogP contribution in [0.1, 0.15) is 10.4 Å². The topological polar surface area (TPSA) is 54.0 Å². The highest BCUT2D eigenvalue weighted by atomic mass is 35.5. The van der Waals surface area contributed by atoms with Crippen LogP contribution in [0.2, 0.25) is 5.02 Å². The molecule has 6 heteroatoms. The molecule has 3 aromatic rings. The smallest absolute Gasteiger partial charge is 0.259 e. The molecule has 0 saturated heterocycles. The van der Waals surface area contributed by atoms with E-state index in [9.17, 15) is 9.18 Å². The van der Waals surface area contributed by atoms with E-state index in [1.807, 2.05) is 0 Å². The summed E-state index contributed by atoms with van der Waals surface area (Å²) in [5, 5.41) is 6.18. The van der Waals surface area contributed by atoms with Crippen LogP contribution in [-0.4, -0.2) is 10.9 Å². The minimum Gasteiger partial charge on any atom is -0.337 e. The molecule has 0 saturated carbocycles. The number of hydrogen-bond acceptors (Lipinski definition) is 3. The first-order valence-electron chi connectivity index (χ1n) is 7.17. The number of nitrogens with one attached hydrogen (secondary N) is 2. The summed E-state index contributed by atoms with van der Waals surface area (Å²) in [6, 6.07) is 16.2. The summed E-state index contributed by atoms with van der Waals surface area (Å²) in [6.45, 7) is 0. The third-order valence-electron chi connectivity index (χ3n) is 3.28. The average Bonchev–Trinajstić information content (AvgIpc) is 2.59. The number of halogens is 2. The lowest BCUT2D eigenvalue weighted by Gasteiger charge is -2.11. The Balaban J connectivity index is 1.84. The van der Waals surface area contributed by atoms with Gasteiger partial charge in [-0.05, 0) is 48.5 Å². The van der Waals surface area contributed by atoms with Crippen LogP contribution in [0.15, 0.2) is 66.9 Å². The minimum atomic E-state index is -0.424. The Morgan fingerprint density at radius 3 is 2.50 bits per heavy atom. The maximum atomic E-state index is 13.8. The summed E-state index contributed by atoms with van der Waals surface area (Å²) in [5.74, 6) is -0.509. The second-order valence-corrected chi connectivity index (χ2v) is 5.40. The Labute approximate surface area is 143 Å². The number of aromatic nitrogens is 1. The quantitative estimate of drug-likeness (QED) is 0.711. The van der Waals surface area contributed by atoms with Crippen molar-refractivity contribution in [2.24, 2.45) is 0 Å². The molecule has 2 aromatic carbocycles. The molecule has 1 heterocycles. The molecule has 4 nitrogen and oxygen atoms in total. The highest BCUT2D eigenvalue weighted by molar-refractivity contribution is 6.30. The Hall–Kier alpha value is -2.92. The van der Waals surface area contributed by atoms with Crippen molar-refractivity contribution in [3.8, 4) is 0 Å². The first kappa shape index (κ1) is 16.0. The molecule has 0 atom stereocenters. The van der Waals surface area contributed by atoms with Crippen molar-refractivity contribution in [3.63, 3.8) is 0 Å². The Kier molecular flexibility index (Phi) is 4.72. The van der Waals surface area contributed by atoms with Crippen LogP contribution in [-0.2, 0) is 0 Å². The average molecular weight is 342 g/mol. The van der Waals surface area contributed by atoms with Gasteiger partial charge in [0.15, 0.2) is 0 Å². The number of hydrogen-bond donors (Lipinski definition) is 2. The van der Waals surface area contributed by atoms with Gasteiger partial charge in [0.25, 0.3) is 5.91 Å². The first-order valence-corrected chi connectivity index (χ1v) is 7.55. The monoisotopic (exact) mass is 341 g/mol. The number of carbonyl (C=O) groups excluding carboxylic acids is 1. The predicted molar refractivity (Wildman–Crippen MR) is 93.3 cm³/mol. The second-order valence-electron chi connectivity index (χ2n) is 4.97. The maximum absolute atomic E-state index is 13.8. The lowest BCUT2D eigenvalue weighted by molar-refractivity contribution is 0.102. The van der Waals surface area contributed by atoms with E-state index in [-0.39, 0.29) is 17.4 Å². The summed E-state index contributed by atoms with van der Waals surface area (Å²) in [7, 11) is 0. The van der Waals surface area contributed by atoms with Gasteiger partial charge in [0.2, 0.25) is 0 Å². The molecule has 0 fully saturated rings. The van der Waals surface area contributed by atoms with Gasteiger partial charge in [-0.3, -0.25) is 4.79 Å². The van der Waals surface area contributed by atoms with E-state index in [1.54, 1.807) is 54.6 Å². The zero-order valence-electron chi connectivity index (χ0n) is 12.5. The molecule has 0 aliphatic heterocycles. The van der Waals surface area contributed by atoms with Crippen LogP contribution in [0.4, 0.5) is 21.6 Å². The van der Waals surface area contributed by atoms with Crippen LogP contribution in [0.25, 0.3) is 0 Å². The standard InChI is InChI=1S/C18H13ClFN3O/c19-12-7-9-13(10-8-12)22-18(24)14-4-3-11-21-17(14)23-16-6-2-1-5-15(16)20/h1-11H,(H,21,23)(H,22,24). The Bertz CT molecular complexity index is 868. The van der Waals surface area contributed by atoms with Gasteiger partial charge < -0.3 is 10.6 Å². The summed E-state index contributed by atoms with van der Waals surface area (Å²) in [6.07, 6.45) is 1.53. The number of amides is 1. The summed E-state index contributed by atoms with van der Waals surface area (Å²) >= 11 is 5.83. The molecule has 0 spiro atoms. The molecular weight excluding hydrogens is 329 g/mol. The van der Waals surface area contributed by atoms with Crippen molar-refractivity contribution in [1.82, 2.24) is 4.98 Å². The molecule has 120 valence electrons. The summed E-state index contributed by atoms with van der Waals surface area (Å²) in [5.41, 5.74) is 1.15. The number of benzene rings is 2. The van der Waals surface area contributed by atoms with Crippen molar-refractivity contribution in [2.75, 3.05) is 10.6 Å². The fourth-order valence-corrected chi connectivity index (χ4v) is 2.24. The van der Waals surface area contributed by atoms with Crippen LogP contribution in [0.3, 0.4) is 0 Å². The van der Waals surface area contributed by atoms with Gasteiger partial charge in [-0.1, -0.05) is 23.7 Å². The Morgan fingerprint density at radius 1 is 1.00 bits per heavy atom. The lowest BCUT2D eigenvalue weighted by Crippen LogP contribution is -2.14. The Morgan fingerprint density at radius 2 is 1.75 bits per heavy atom. The normalized spacial score (nSPS) is 10.2. The second kappa shape index (κ2) is 7.10. The number of carbonyl (C=O) groups is 1. The molecule has 24 heavy (non-hydrogen) atoms. The predicted octanol–water partition coefficient (Wildman–Crippen LogP) is 4.87. The fraction of sp³-hybridized carbons (Fsp3) is 0. The van der Waals surface area contributed by atoms with E-state index >= 15 is 0 Å². The zero-order valence-corrected chi connectivity index (χ0v) is 13.2. The molecule has 1 amide bonds. The number of pyridine rings is 1. The summed E-state index contributed by atoms with van der Waals surface area (Å²) < 4.78 is 13.8. The number of nitrogens with zero attached hydrogens (tertiary/aromatic N) is 1. The van der Waals surface area contributed by atoms with Crippen molar-refractivity contribution >= 4 is 34.7 Å². The van der Waals surface area contributed by atoms with Gasteiger partial charge in [0.1, 0.15) is 11.6 Å². The third kappa shape index (κ3) is 3.70. The highest BCUT2D eigenvalue weighted by Crippen LogP contribution is 2.22. The van der Waals surface area contributed by atoms with Gasteiger partial charge in [0.05, 0.1) is 11.3 Å². The maximum Gasteiger partial charge on any atom is 0.259 e. The van der Waals surface area contributed by atoms with Gasteiger partial charge >= 0.3 is 0 Å². The van der Waals surface area contributed by atoms with Gasteiger partial charge in [0, 0.05) is 16.9 Å². The first-order chi connectivity index (χ1) is 11.6. The van der Waals surface area contributed by atoms with E-state index in [2.05, 4.69) is 15.6 Å². The number of anilines is 3. The highest BCUT2D eigenvalue weighted by Gasteiger charge is 2.14. The molecule has 3 rings (SSSR count). The van der Waals surface area contributed by atoms with Crippen LogP contribution in [0, 0.1) is 5.82 Å². The lowest BCUT2D eigenvalue weighted by atomic mass is 10.2. The molecule has 2 N–H and O–H groups in total. The van der Waals surface area contributed by atoms with E-state index in [1.165, 1.54) is 12.3 Å². The van der Waals surface area contributed by atoms with Crippen molar-refractivity contribution in [2.45, 2.75) is 0 Å². The van der Waals surface area contributed by atoms with E-state index < -0.39 is 5.82 Å². The van der Waals surface area contributed by atoms with Crippen molar-refractivity contribution in [1.29, 1.82) is 0 Å². The van der Waals surface area contributed by atoms with Gasteiger partial charge in [-0.25, -0.2) is 9.37 Å². The van der Waals surface area contributed by atoms with Crippen LogP contribution in [0.5, 0.6) is 0 Å². The molecule has 0 aliphatic carbocycles. The molecule has 0 unspecified atom stereocenters. The van der Waals surface area contributed by atoms with E-state index in [0.29, 0.717) is 16.3 Å². The van der Waals surface area contributed by atoms with Crippen molar-refractivity contribution in [3.05, 3.63) is 83.3 Å². The number of para-hydroxylation sites is 1. The molecule has 1 aromatic heterocycles. The number of rotatable bonds is 4. The van der Waals surface area contributed by atoms with Gasteiger partial charge in [-0.15, -0.1) is 0 Å². The van der Waals surface area contributed by atoms with Crippen molar-refractivity contribution < 1.29 is 9.18 Å². The molecule has 0 aliphatic rings. The fourth-order valence-electron chi connectivity index (χ4n) is 2.11. The SMILES string of the molecule is O=C(Nc1ccc(Cl)cc1)c1cccnc1Nc1ccccc1F. The minimum absolute atomic E-state index is 0.247. The molecule has 0 bridgehead atoms. The zero-order chi connectivity index (χ0) is 16.9. The van der Waals surface area contributed by atoms with Crippen LogP contribution >= 0.6 is 11.6 Å². The van der Waals surface area contributed by atoms with E-state index in [4.69, 9.17) is 11.6 Å². The van der Waals surface area contributed by atoms with E-state index in [0.717, 1.165) is 0 Å². The molecular formula is C18H13ClFN3O. The largest absolute Gasteiger partial charge is 0.337 e. The summed E-state index contributed by atoms with van der Waals surface area (Å²) in [4.78, 5) is 16.6. The molecule has 0 radical (unpaired) electrons. The third-order valence-corrected chi connectivity index (χ3v) is 3.53. The van der Waals surface area contributed by atoms with Gasteiger partial charge in [-0.2, -0.15) is 0 Å².